The van der Waals surface area contributed by atoms with Crippen LogP contribution in [0.5, 0.6) is 0 Å². The highest BCUT2D eigenvalue weighted by Crippen LogP contribution is 2.28. The summed E-state index contributed by atoms with van der Waals surface area (Å²) in [6.07, 6.45) is 0.692. The zero-order chi connectivity index (χ0) is 15.4. The van der Waals surface area contributed by atoms with Crippen LogP contribution in [-0.4, -0.2) is 12.5 Å². The van der Waals surface area contributed by atoms with E-state index in [-0.39, 0.29) is 5.91 Å². The Labute approximate surface area is 133 Å². The van der Waals surface area contributed by atoms with Gasteiger partial charge in [0.05, 0.1) is 5.69 Å². The monoisotopic (exact) mass is 346 g/mol. The number of amides is 1. The first-order valence-electron chi connectivity index (χ1n) is 6.89. The molecule has 3 nitrogen and oxygen atoms in total. The van der Waals surface area contributed by atoms with Gasteiger partial charge in [0.15, 0.2) is 0 Å². The average Bonchev–Trinajstić information content (AvgIpc) is 2.43. The Morgan fingerprint density at radius 3 is 2.62 bits per heavy atom. The van der Waals surface area contributed by atoms with Gasteiger partial charge in [-0.15, -0.1) is 0 Å². The minimum absolute atomic E-state index is 0.105. The van der Waals surface area contributed by atoms with E-state index >= 15 is 0 Å². The molecule has 2 aromatic rings. The maximum atomic E-state index is 12.5. The predicted octanol–water partition coefficient (Wildman–Crippen LogP) is 3.82. The number of hydrogen-bond donors (Lipinski definition) is 2. The molecule has 0 heterocycles. The van der Waals surface area contributed by atoms with E-state index in [0.717, 1.165) is 26.9 Å². The molecule has 0 aliphatic carbocycles. The maximum absolute atomic E-state index is 12.5. The van der Waals surface area contributed by atoms with E-state index in [0.29, 0.717) is 18.5 Å². The lowest BCUT2D eigenvalue weighted by atomic mass is 10.0. The lowest BCUT2D eigenvalue weighted by molar-refractivity contribution is 0.102. The Morgan fingerprint density at radius 2 is 1.95 bits per heavy atom. The number of hydrogen-bond acceptors (Lipinski definition) is 2. The molecular weight excluding hydrogens is 328 g/mol. The highest BCUT2D eigenvalue weighted by molar-refractivity contribution is 9.10. The molecule has 0 aromatic heterocycles. The maximum Gasteiger partial charge on any atom is 0.255 e. The Morgan fingerprint density at radius 1 is 1.24 bits per heavy atom. The fourth-order valence-electron chi connectivity index (χ4n) is 2.37. The van der Waals surface area contributed by atoms with Crippen LogP contribution in [0.2, 0.25) is 0 Å². The molecule has 0 saturated heterocycles. The van der Waals surface area contributed by atoms with Crippen molar-refractivity contribution in [2.45, 2.75) is 20.3 Å². The molecule has 0 unspecified atom stereocenters. The molecule has 0 spiro atoms. The van der Waals surface area contributed by atoms with Crippen LogP contribution in [0.15, 0.2) is 40.9 Å². The molecule has 2 aromatic carbocycles. The number of nitrogens with two attached hydrogens (primary N) is 1. The lowest BCUT2D eigenvalue weighted by Crippen LogP contribution is -2.17. The summed E-state index contributed by atoms with van der Waals surface area (Å²) in [5, 5.41) is 2.99. The summed E-state index contributed by atoms with van der Waals surface area (Å²) < 4.78 is 0.893. The van der Waals surface area contributed by atoms with E-state index in [4.69, 9.17) is 5.73 Å². The topological polar surface area (TPSA) is 55.1 Å². The second-order valence-corrected chi connectivity index (χ2v) is 5.94. The smallest absolute Gasteiger partial charge is 0.255 e. The first kappa shape index (κ1) is 15.7. The summed E-state index contributed by atoms with van der Waals surface area (Å²) in [6.45, 7) is 4.54. The number of benzene rings is 2. The Bertz CT molecular complexity index is 645. The fraction of sp³-hybridized carbons (Fsp3) is 0.235. The van der Waals surface area contributed by atoms with E-state index in [1.54, 1.807) is 0 Å². The van der Waals surface area contributed by atoms with Crippen molar-refractivity contribution in [2.75, 3.05) is 11.9 Å². The van der Waals surface area contributed by atoms with Gasteiger partial charge in [-0.1, -0.05) is 24.3 Å². The number of carbonyl (C=O) groups is 1. The fourth-order valence-corrected chi connectivity index (χ4v) is 3.14. The highest BCUT2D eigenvalue weighted by Gasteiger charge is 2.13. The molecular formula is C17H19BrN2O. The predicted molar refractivity (Wildman–Crippen MR) is 90.8 cm³/mol. The van der Waals surface area contributed by atoms with E-state index in [1.807, 2.05) is 50.2 Å². The largest absolute Gasteiger partial charge is 0.330 e. The van der Waals surface area contributed by atoms with Gasteiger partial charge in [-0.25, -0.2) is 0 Å². The van der Waals surface area contributed by atoms with Crippen LogP contribution in [0.25, 0.3) is 0 Å². The number of halogens is 1. The van der Waals surface area contributed by atoms with Crippen LogP contribution >= 0.6 is 15.9 Å². The third-order valence-electron chi connectivity index (χ3n) is 3.35. The molecule has 110 valence electrons. The van der Waals surface area contributed by atoms with Gasteiger partial charge in [0.1, 0.15) is 0 Å². The molecule has 0 bridgehead atoms. The average molecular weight is 347 g/mol. The van der Waals surface area contributed by atoms with Gasteiger partial charge in [0.2, 0.25) is 0 Å². The highest BCUT2D eigenvalue weighted by atomic mass is 79.9. The molecule has 1 amide bonds. The summed E-state index contributed by atoms with van der Waals surface area (Å²) >= 11 is 3.51. The van der Waals surface area contributed by atoms with Crippen LogP contribution in [0.3, 0.4) is 0 Å². The van der Waals surface area contributed by atoms with Crippen molar-refractivity contribution < 1.29 is 4.79 Å². The van der Waals surface area contributed by atoms with Crippen molar-refractivity contribution in [3.05, 3.63) is 63.1 Å². The van der Waals surface area contributed by atoms with Gasteiger partial charge in [-0.2, -0.15) is 0 Å². The summed E-state index contributed by atoms with van der Waals surface area (Å²) in [7, 11) is 0. The molecule has 2 rings (SSSR count). The normalized spacial score (nSPS) is 10.5. The Balaban J connectivity index is 2.31. The van der Waals surface area contributed by atoms with Crippen molar-refractivity contribution in [2.24, 2.45) is 5.73 Å². The van der Waals surface area contributed by atoms with Gasteiger partial charge >= 0.3 is 0 Å². The van der Waals surface area contributed by atoms with Crippen LogP contribution in [-0.2, 0) is 6.42 Å². The van der Waals surface area contributed by atoms with E-state index in [1.165, 1.54) is 0 Å². The minimum atomic E-state index is -0.105. The standard InChI is InChI=1S/C17H19BrN2O/c1-11-9-12(2)16(15(18)10-11)20-17(21)14-6-4-3-5-13(14)7-8-19/h3-6,9-10H,7-8,19H2,1-2H3,(H,20,21). The number of carbonyl (C=O) groups excluding carboxylic acids is 1. The number of rotatable bonds is 4. The van der Waals surface area contributed by atoms with E-state index in [9.17, 15) is 4.79 Å². The molecule has 21 heavy (non-hydrogen) atoms. The van der Waals surface area contributed by atoms with Gasteiger partial charge in [0, 0.05) is 10.0 Å². The quantitative estimate of drug-likeness (QED) is 0.883. The van der Waals surface area contributed by atoms with Crippen molar-refractivity contribution in [1.82, 2.24) is 0 Å². The van der Waals surface area contributed by atoms with Crippen molar-refractivity contribution in [3.63, 3.8) is 0 Å². The third kappa shape index (κ3) is 3.71. The van der Waals surface area contributed by atoms with Crippen LogP contribution < -0.4 is 11.1 Å². The number of anilines is 1. The zero-order valence-corrected chi connectivity index (χ0v) is 13.8. The summed E-state index contributed by atoms with van der Waals surface area (Å²) in [6, 6.07) is 11.6. The van der Waals surface area contributed by atoms with Gasteiger partial charge in [-0.05, 0) is 71.6 Å². The van der Waals surface area contributed by atoms with Crippen LogP contribution in [0.1, 0.15) is 27.0 Å². The second kappa shape index (κ2) is 6.87. The summed E-state index contributed by atoms with van der Waals surface area (Å²) in [5.41, 5.74) is 10.3. The van der Waals surface area contributed by atoms with Gasteiger partial charge in [0.25, 0.3) is 5.91 Å². The number of nitrogens with one attached hydrogen (secondary N) is 1. The Hall–Kier alpha value is -1.65. The van der Waals surface area contributed by atoms with Crippen LogP contribution in [0, 0.1) is 13.8 Å². The lowest BCUT2D eigenvalue weighted by Gasteiger charge is -2.13. The first-order valence-corrected chi connectivity index (χ1v) is 7.68. The summed E-state index contributed by atoms with van der Waals surface area (Å²) in [4.78, 5) is 12.5. The molecule has 0 fully saturated rings. The Kier molecular flexibility index (Phi) is 5.15. The molecule has 0 atom stereocenters. The molecule has 3 N–H and O–H groups in total. The van der Waals surface area contributed by atoms with Gasteiger partial charge < -0.3 is 11.1 Å². The molecule has 0 aliphatic heterocycles. The molecule has 0 aliphatic rings. The molecule has 0 saturated carbocycles. The number of aryl methyl sites for hydroxylation is 2. The van der Waals surface area contributed by atoms with Crippen molar-refractivity contribution in [1.29, 1.82) is 0 Å². The third-order valence-corrected chi connectivity index (χ3v) is 3.97. The SMILES string of the molecule is Cc1cc(C)c(NC(=O)c2ccccc2CCN)c(Br)c1. The minimum Gasteiger partial charge on any atom is -0.330 e. The van der Waals surface area contributed by atoms with Crippen LogP contribution in [0.4, 0.5) is 5.69 Å². The summed E-state index contributed by atoms with van der Waals surface area (Å²) in [5.74, 6) is -0.105. The van der Waals surface area contributed by atoms with Crippen molar-refractivity contribution in [3.8, 4) is 0 Å². The van der Waals surface area contributed by atoms with E-state index < -0.39 is 0 Å². The molecule has 4 heteroatoms. The second-order valence-electron chi connectivity index (χ2n) is 5.09. The van der Waals surface area contributed by atoms with E-state index in [2.05, 4.69) is 21.2 Å². The molecule has 0 radical (unpaired) electrons. The van der Waals surface area contributed by atoms with Gasteiger partial charge in [-0.3, -0.25) is 4.79 Å². The van der Waals surface area contributed by atoms with Crippen molar-refractivity contribution >= 4 is 27.5 Å². The zero-order valence-electron chi connectivity index (χ0n) is 12.2. The first-order chi connectivity index (χ1) is 10.0.